The second-order valence-electron chi connectivity index (χ2n) is 3.34. The highest BCUT2D eigenvalue weighted by atomic mass is 35.5. The number of halogens is 2. The molecule has 0 amide bonds. The molecule has 2 rings (SSSR count). The molecule has 2 N–H and O–H groups in total. The first-order valence-electron chi connectivity index (χ1n) is 4.77. The largest absolute Gasteiger partial charge is 0.326 e. The van der Waals surface area contributed by atoms with Crippen LogP contribution >= 0.6 is 23.2 Å². The van der Waals surface area contributed by atoms with Crippen LogP contribution < -0.4 is 10.3 Å². The normalized spacial score (nSPS) is 11.3. The van der Waals surface area contributed by atoms with E-state index in [1.165, 1.54) is 6.07 Å². The average molecular weight is 321 g/mol. The van der Waals surface area contributed by atoms with Gasteiger partial charge in [-0.05, 0) is 6.07 Å². The molecule has 0 aromatic carbocycles. The monoisotopic (exact) mass is 320 g/mol. The van der Waals surface area contributed by atoms with Crippen LogP contribution in [-0.4, -0.2) is 23.4 Å². The summed E-state index contributed by atoms with van der Waals surface area (Å²) in [5.41, 5.74) is -0.578. The average Bonchev–Trinajstić information content (AvgIpc) is 2.32. The zero-order valence-electron chi connectivity index (χ0n) is 9.09. The summed E-state index contributed by atoms with van der Waals surface area (Å²) in [5, 5.41) is -0.143. The van der Waals surface area contributed by atoms with E-state index in [2.05, 4.69) is 19.7 Å². The van der Waals surface area contributed by atoms with Crippen molar-refractivity contribution in [1.82, 2.24) is 15.0 Å². The smallest absolute Gasteiger partial charge is 0.266 e. The fourth-order valence-electron chi connectivity index (χ4n) is 1.18. The van der Waals surface area contributed by atoms with Crippen molar-refractivity contribution in [3.8, 4) is 0 Å². The van der Waals surface area contributed by atoms with Crippen LogP contribution in [0, 0.1) is 0 Å². The Bertz CT molecular complexity index is 775. The van der Waals surface area contributed by atoms with Crippen molar-refractivity contribution in [3.63, 3.8) is 0 Å². The molecule has 2 heterocycles. The summed E-state index contributed by atoms with van der Waals surface area (Å²) in [4.78, 5) is 20.4. The van der Waals surface area contributed by atoms with E-state index in [1.54, 1.807) is 0 Å². The standard InChI is InChI=1S/C9H6Cl2N4O3S/c10-6-1-5(3-12-9(6)16)19(17,18)15-8-2-7(11)13-4-14-8/h1-4H,(H,12,16)(H,13,14,15). The molecule has 10 heteroatoms. The number of H-pyrrole nitrogens is 1. The Balaban J connectivity index is 2.37. The van der Waals surface area contributed by atoms with Crippen LogP contribution in [0.2, 0.25) is 10.2 Å². The fraction of sp³-hybridized carbons (Fsp3) is 0. The number of hydrogen-bond acceptors (Lipinski definition) is 5. The Kier molecular flexibility index (Phi) is 3.74. The van der Waals surface area contributed by atoms with E-state index < -0.39 is 15.6 Å². The fourth-order valence-corrected chi connectivity index (χ4v) is 2.55. The second-order valence-corrected chi connectivity index (χ2v) is 5.82. The molecular weight excluding hydrogens is 315 g/mol. The zero-order valence-corrected chi connectivity index (χ0v) is 11.4. The van der Waals surface area contributed by atoms with Gasteiger partial charge >= 0.3 is 0 Å². The Morgan fingerprint density at radius 3 is 2.58 bits per heavy atom. The lowest BCUT2D eigenvalue weighted by atomic mass is 10.5. The number of anilines is 1. The molecule has 0 saturated heterocycles. The summed E-state index contributed by atoms with van der Waals surface area (Å²) >= 11 is 11.2. The van der Waals surface area contributed by atoms with Gasteiger partial charge in [-0.3, -0.25) is 9.52 Å². The molecule has 7 nitrogen and oxygen atoms in total. The molecule has 2 aromatic rings. The molecule has 100 valence electrons. The number of nitrogens with zero attached hydrogens (tertiary/aromatic N) is 2. The van der Waals surface area contributed by atoms with Crippen molar-refractivity contribution < 1.29 is 8.42 Å². The maximum absolute atomic E-state index is 12.0. The molecule has 0 aliphatic carbocycles. The second kappa shape index (κ2) is 5.16. The van der Waals surface area contributed by atoms with E-state index in [4.69, 9.17) is 23.2 Å². The summed E-state index contributed by atoms with van der Waals surface area (Å²) < 4.78 is 26.1. The van der Waals surface area contributed by atoms with Gasteiger partial charge < -0.3 is 4.98 Å². The molecule has 0 radical (unpaired) electrons. The molecule has 0 atom stereocenters. The van der Waals surface area contributed by atoms with Crippen LogP contribution in [0.5, 0.6) is 0 Å². The van der Waals surface area contributed by atoms with Gasteiger partial charge in [0.25, 0.3) is 15.6 Å². The molecule has 0 unspecified atom stereocenters. The van der Waals surface area contributed by atoms with Gasteiger partial charge in [0, 0.05) is 12.3 Å². The maximum atomic E-state index is 12.0. The topological polar surface area (TPSA) is 105 Å². The van der Waals surface area contributed by atoms with Crippen LogP contribution in [0.25, 0.3) is 0 Å². The van der Waals surface area contributed by atoms with Crippen LogP contribution in [0.3, 0.4) is 0 Å². The van der Waals surface area contributed by atoms with Gasteiger partial charge in [-0.25, -0.2) is 18.4 Å². The Morgan fingerprint density at radius 2 is 1.95 bits per heavy atom. The number of aromatic amines is 1. The Hall–Kier alpha value is -1.64. The molecule has 2 aromatic heterocycles. The number of pyridine rings is 1. The van der Waals surface area contributed by atoms with Gasteiger partial charge in [0.05, 0.1) is 0 Å². The summed E-state index contributed by atoms with van der Waals surface area (Å²) in [6, 6.07) is 2.28. The Morgan fingerprint density at radius 1 is 1.21 bits per heavy atom. The van der Waals surface area contributed by atoms with Gasteiger partial charge in [-0.2, -0.15) is 0 Å². The minimum Gasteiger partial charge on any atom is -0.326 e. The number of nitrogens with one attached hydrogen (secondary N) is 2. The third kappa shape index (κ3) is 3.22. The van der Waals surface area contributed by atoms with E-state index >= 15 is 0 Å². The first-order valence-corrected chi connectivity index (χ1v) is 7.01. The van der Waals surface area contributed by atoms with E-state index in [-0.39, 0.29) is 20.9 Å². The lowest BCUT2D eigenvalue weighted by Gasteiger charge is -2.06. The van der Waals surface area contributed by atoms with Crippen LogP contribution in [0.1, 0.15) is 0 Å². The summed E-state index contributed by atoms with van der Waals surface area (Å²) in [6.45, 7) is 0. The number of aromatic nitrogens is 3. The maximum Gasteiger partial charge on any atom is 0.266 e. The van der Waals surface area contributed by atoms with Crippen LogP contribution in [0.15, 0.2) is 34.3 Å². The van der Waals surface area contributed by atoms with Crippen molar-refractivity contribution in [3.05, 3.63) is 45.2 Å². The van der Waals surface area contributed by atoms with Crippen molar-refractivity contribution in [2.75, 3.05) is 4.72 Å². The van der Waals surface area contributed by atoms with Crippen molar-refractivity contribution in [1.29, 1.82) is 0 Å². The van der Waals surface area contributed by atoms with Gasteiger partial charge in [-0.15, -0.1) is 0 Å². The zero-order chi connectivity index (χ0) is 14.0. The third-order valence-corrected chi connectivity index (χ3v) is 3.84. The number of sulfonamides is 1. The lowest BCUT2D eigenvalue weighted by molar-refractivity contribution is 0.600. The molecule has 0 aliphatic rings. The molecule has 0 fully saturated rings. The molecule has 0 spiro atoms. The van der Waals surface area contributed by atoms with Crippen molar-refractivity contribution in [2.45, 2.75) is 4.90 Å². The van der Waals surface area contributed by atoms with E-state index in [9.17, 15) is 13.2 Å². The minimum atomic E-state index is -3.92. The van der Waals surface area contributed by atoms with Gasteiger partial charge in [0.1, 0.15) is 27.2 Å². The summed E-state index contributed by atoms with van der Waals surface area (Å²) in [6.07, 6.45) is 2.14. The van der Waals surface area contributed by atoms with Gasteiger partial charge in [0.15, 0.2) is 0 Å². The first kappa shape index (κ1) is 13.8. The quantitative estimate of drug-likeness (QED) is 0.828. The number of rotatable bonds is 3. The molecule has 19 heavy (non-hydrogen) atoms. The molecule has 0 aliphatic heterocycles. The minimum absolute atomic E-state index is 0.00215. The molecule has 0 bridgehead atoms. The van der Waals surface area contributed by atoms with Crippen molar-refractivity contribution >= 4 is 39.0 Å². The SMILES string of the molecule is O=c1[nH]cc(S(=O)(=O)Nc2cc(Cl)ncn2)cc1Cl. The Labute approximate surface area is 117 Å². The molecule has 0 saturated carbocycles. The van der Waals surface area contributed by atoms with E-state index in [0.717, 1.165) is 18.6 Å². The van der Waals surface area contributed by atoms with Gasteiger partial charge in [0.2, 0.25) is 0 Å². The predicted molar refractivity (Wildman–Crippen MR) is 69.9 cm³/mol. The summed E-state index contributed by atoms with van der Waals surface area (Å²) in [5.74, 6) is 0.00215. The highest BCUT2D eigenvalue weighted by molar-refractivity contribution is 7.92. The number of hydrogen-bond donors (Lipinski definition) is 2. The molecular formula is C9H6Cl2N4O3S. The van der Waals surface area contributed by atoms with Crippen molar-refractivity contribution in [2.24, 2.45) is 0 Å². The van der Waals surface area contributed by atoms with E-state index in [0.29, 0.717) is 0 Å². The van der Waals surface area contributed by atoms with Crippen LogP contribution in [0.4, 0.5) is 5.82 Å². The highest BCUT2D eigenvalue weighted by Crippen LogP contribution is 2.16. The highest BCUT2D eigenvalue weighted by Gasteiger charge is 2.16. The van der Waals surface area contributed by atoms with Crippen LogP contribution in [-0.2, 0) is 10.0 Å². The predicted octanol–water partition coefficient (Wildman–Crippen LogP) is 1.27. The third-order valence-electron chi connectivity index (χ3n) is 2.01. The lowest BCUT2D eigenvalue weighted by Crippen LogP contribution is -2.16. The summed E-state index contributed by atoms with van der Waals surface area (Å²) in [7, 11) is -3.92. The first-order chi connectivity index (χ1) is 8.88. The van der Waals surface area contributed by atoms with E-state index in [1.807, 2.05) is 0 Å². The van der Waals surface area contributed by atoms with Gasteiger partial charge in [-0.1, -0.05) is 23.2 Å².